The molecule has 1 aliphatic heterocycles. The number of carbonyl (C=O) groups excluding carboxylic acids is 1. The van der Waals surface area contributed by atoms with Crippen LogP contribution < -0.4 is 5.76 Å². The molecule has 1 fully saturated rings. The summed E-state index contributed by atoms with van der Waals surface area (Å²) in [7, 11) is 0. The van der Waals surface area contributed by atoms with Crippen LogP contribution >= 0.6 is 0 Å². The number of hydrogen-bond donors (Lipinski definition) is 1. The van der Waals surface area contributed by atoms with Gasteiger partial charge in [0.15, 0.2) is 5.58 Å². The minimum absolute atomic E-state index is 0.0798. The van der Waals surface area contributed by atoms with Crippen molar-refractivity contribution in [2.24, 2.45) is 0 Å². The van der Waals surface area contributed by atoms with Crippen LogP contribution in [0.1, 0.15) is 48.9 Å². The lowest BCUT2D eigenvalue weighted by atomic mass is 9.92. The van der Waals surface area contributed by atoms with Crippen molar-refractivity contribution in [2.45, 2.75) is 52.0 Å². The number of piperidine rings is 1. The molecular formula is C21H26N4O3. The summed E-state index contributed by atoms with van der Waals surface area (Å²) in [4.78, 5) is 26.9. The van der Waals surface area contributed by atoms with Crippen molar-refractivity contribution < 1.29 is 9.21 Å². The molecule has 0 spiro atoms. The molecule has 0 bridgehead atoms. The third-order valence-electron chi connectivity index (χ3n) is 5.69. The van der Waals surface area contributed by atoms with Gasteiger partial charge in [-0.25, -0.2) is 4.79 Å². The number of fused-ring (bicyclic) bond motifs is 1. The van der Waals surface area contributed by atoms with Crippen molar-refractivity contribution in [1.82, 2.24) is 19.7 Å². The van der Waals surface area contributed by atoms with Gasteiger partial charge in [-0.05, 0) is 49.4 Å². The average Bonchev–Trinajstić information content (AvgIpc) is 3.30. The molecule has 0 unspecified atom stereocenters. The first-order valence-electron chi connectivity index (χ1n) is 9.96. The summed E-state index contributed by atoms with van der Waals surface area (Å²) in [5.41, 5.74) is 4.75. The fourth-order valence-electron chi connectivity index (χ4n) is 4.15. The number of rotatable bonds is 5. The molecule has 28 heavy (non-hydrogen) atoms. The fourth-order valence-corrected chi connectivity index (χ4v) is 4.15. The molecule has 1 aliphatic rings. The molecule has 1 atom stereocenters. The standard InChI is InChI=1S/C21H26N4O3/c1-3-15-12-22-23-20(15)16-5-4-9-24(13-16)19(26)8-10-25-17-11-14(2)6-7-18(17)28-21(25)27/h6-7,11-12,16H,3-5,8-10,13H2,1-2H3,(H,22,23)/t16-/m0/s1. The Morgan fingerprint density at radius 1 is 1.39 bits per heavy atom. The van der Waals surface area contributed by atoms with Gasteiger partial charge in [-0.15, -0.1) is 0 Å². The predicted molar refractivity (Wildman–Crippen MR) is 106 cm³/mol. The Labute approximate surface area is 163 Å². The van der Waals surface area contributed by atoms with Crippen molar-refractivity contribution in [3.8, 4) is 0 Å². The van der Waals surface area contributed by atoms with E-state index >= 15 is 0 Å². The van der Waals surface area contributed by atoms with Gasteiger partial charge in [0.2, 0.25) is 5.91 Å². The summed E-state index contributed by atoms with van der Waals surface area (Å²) in [5, 5.41) is 7.30. The minimum atomic E-state index is -0.407. The van der Waals surface area contributed by atoms with Crippen LogP contribution in [0.2, 0.25) is 0 Å². The lowest BCUT2D eigenvalue weighted by Crippen LogP contribution is -2.40. The highest BCUT2D eigenvalue weighted by Gasteiger charge is 2.27. The fraction of sp³-hybridized carbons (Fsp3) is 0.476. The summed E-state index contributed by atoms with van der Waals surface area (Å²) in [5.74, 6) is -0.0265. The first kappa shape index (κ1) is 18.5. The van der Waals surface area contributed by atoms with Crippen LogP contribution in [-0.2, 0) is 17.8 Å². The maximum atomic E-state index is 12.8. The van der Waals surface area contributed by atoms with E-state index in [1.54, 1.807) is 10.6 Å². The van der Waals surface area contributed by atoms with Crippen LogP contribution in [0.4, 0.5) is 0 Å². The van der Waals surface area contributed by atoms with Crippen molar-refractivity contribution in [2.75, 3.05) is 13.1 Å². The zero-order valence-corrected chi connectivity index (χ0v) is 16.4. The minimum Gasteiger partial charge on any atom is -0.408 e. The van der Waals surface area contributed by atoms with E-state index in [0.29, 0.717) is 31.0 Å². The number of nitrogens with zero attached hydrogens (tertiary/aromatic N) is 3. The number of nitrogens with one attached hydrogen (secondary N) is 1. The highest BCUT2D eigenvalue weighted by atomic mass is 16.4. The van der Waals surface area contributed by atoms with E-state index in [1.807, 2.05) is 30.2 Å². The molecule has 148 valence electrons. The second kappa shape index (κ2) is 7.66. The van der Waals surface area contributed by atoms with E-state index in [0.717, 1.165) is 42.6 Å². The zero-order valence-electron chi connectivity index (χ0n) is 16.4. The molecule has 0 saturated carbocycles. The molecule has 1 aromatic carbocycles. The largest absolute Gasteiger partial charge is 0.419 e. The molecule has 2 aromatic heterocycles. The van der Waals surface area contributed by atoms with Crippen LogP contribution in [0.5, 0.6) is 0 Å². The summed E-state index contributed by atoms with van der Waals surface area (Å²) < 4.78 is 6.86. The summed E-state index contributed by atoms with van der Waals surface area (Å²) in [6, 6.07) is 5.64. The third-order valence-corrected chi connectivity index (χ3v) is 5.69. The smallest absolute Gasteiger partial charge is 0.408 e. The zero-order chi connectivity index (χ0) is 19.7. The number of benzene rings is 1. The number of aromatic nitrogens is 3. The Bertz CT molecular complexity index is 1050. The normalized spacial score (nSPS) is 17.4. The monoisotopic (exact) mass is 382 g/mol. The Balaban J connectivity index is 1.45. The molecule has 1 N–H and O–H groups in total. The number of amides is 1. The van der Waals surface area contributed by atoms with Gasteiger partial charge in [-0.3, -0.25) is 14.5 Å². The number of aryl methyl sites for hydroxylation is 3. The van der Waals surface area contributed by atoms with E-state index in [4.69, 9.17) is 4.42 Å². The van der Waals surface area contributed by atoms with Crippen LogP contribution in [0, 0.1) is 6.92 Å². The van der Waals surface area contributed by atoms with Crippen LogP contribution in [0.15, 0.2) is 33.6 Å². The van der Waals surface area contributed by atoms with Crippen molar-refractivity contribution in [3.63, 3.8) is 0 Å². The molecule has 3 heterocycles. The van der Waals surface area contributed by atoms with Gasteiger partial charge in [0, 0.05) is 37.7 Å². The highest BCUT2D eigenvalue weighted by molar-refractivity contribution is 5.77. The Hall–Kier alpha value is -2.83. The number of H-pyrrole nitrogens is 1. The summed E-state index contributed by atoms with van der Waals surface area (Å²) >= 11 is 0. The van der Waals surface area contributed by atoms with E-state index in [-0.39, 0.29) is 5.91 Å². The third kappa shape index (κ3) is 3.48. The highest BCUT2D eigenvalue weighted by Crippen LogP contribution is 2.28. The molecular weight excluding hydrogens is 356 g/mol. The Morgan fingerprint density at radius 3 is 3.07 bits per heavy atom. The van der Waals surface area contributed by atoms with Crippen LogP contribution in [0.3, 0.4) is 0 Å². The van der Waals surface area contributed by atoms with Crippen LogP contribution in [-0.4, -0.2) is 38.7 Å². The number of likely N-dealkylation sites (tertiary alicyclic amines) is 1. The molecule has 7 heteroatoms. The first-order chi connectivity index (χ1) is 13.6. The van der Waals surface area contributed by atoms with Crippen molar-refractivity contribution in [1.29, 1.82) is 0 Å². The van der Waals surface area contributed by atoms with Crippen molar-refractivity contribution in [3.05, 3.63) is 51.8 Å². The van der Waals surface area contributed by atoms with Gasteiger partial charge in [0.05, 0.1) is 11.7 Å². The Morgan fingerprint density at radius 2 is 2.25 bits per heavy atom. The first-order valence-corrected chi connectivity index (χ1v) is 9.96. The molecule has 1 amide bonds. The maximum Gasteiger partial charge on any atom is 0.419 e. The van der Waals surface area contributed by atoms with Gasteiger partial charge in [0.25, 0.3) is 0 Å². The van der Waals surface area contributed by atoms with E-state index in [9.17, 15) is 9.59 Å². The number of aromatic amines is 1. The second-order valence-corrected chi connectivity index (χ2v) is 7.58. The quantitative estimate of drug-likeness (QED) is 0.735. The van der Waals surface area contributed by atoms with Gasteiger partial charge in [-0.1, -0.05) is 13.0 Å². The van der Waals surface area contributed by atoms with E-state index in [2.05, 4.69) is 17.1 Å². The van der Waals surface area contributed by atoms with E-state index < -0.39 is 5.76 Å². The summed E-state index contributed by atoms with van der Waals surface area (Å²) in [6.45, 7) is 5.90. The summed E-state index contributed by atoms with van der Waals surface area (Å²) in [6.07, 6.45) is 5.15. The number of hydrogen-bond acceptors (Lipinski definition) is 4. The lowest BCUT2D eigenvalue weighted by Gasteiger charge is -2.32. The molecule has 0 aliphatic carbocycles. The van der Waals surface area contributed by atoms with Crippen molar-refractivity contribution >= 4 is 17.0 Å². The van der Waals surface area contributed by atoms with Gasteiger partial charge in [-0.2, -0.15) is 5.10 Å². The topological polar surface area (TPSA) is 84.1 Å². The number of carbonyl (C=O) groups is 1. The van der Waals surface area contributed by atoms with E-state index in [1.165, 1.54) is 5.56 Å². The second-order valence-electron chi connectivity index (χ2n) is 7.58. The van der Waals surface area contributed by atoms with Gasteiger partial charge in [0.1, 0.15) is 0 Å². The van der Waals surface area contributed by atoms with Gasteiger partial charge < -0.3 is 9.32 Å². The SMILES string of the molecule is CCc1cn[nH]c1[C@H]1CCCN(C(=O)CCn2c(=O)oc3ccc(C)cc32)C1. The molecule has 4 rings (SSSR count). The predicted octanol–water partition coefficient (Wildman–Crippen LogP) is 2.98. The lowest BCUT2D eigenvalue weighted by molar-refractivity contribution is -0.132. The van der Waals surface area contributed by atoms with Crippen LogP contribution in [0.25, 0.3) is 11.1 Å². The molecule has 1 saturated heterocycles. The molecule has 7 nitrogen and oxygen atoms in total. The maximum absolute atomic E-state index is 12.8. The molecule has 3 aromatic rings. The number of oxazole rings is 1. The Kier molecular flexibility index (Phi) is 5.07. The average molecular weight is 382 g/mol. The van der Waals surface area contributed by atoms with Gasteiger partial charge >= 0.3 is 5.76 Å². The molecule has 0 radical (unpaired) electrons.